The van der Waals surface area contributed by atoms with Crippen LogP contribution >= 0.6 is 0 Å². The molecule has 2 aromatic carbocycles. The number of carbonyl (C=O) groups is 2. The maximum absolute atomic E-state index is 12.7. The first-order chi connectivity index (χ1) is 13.7. The van der Waals surface area contributed by atoms with Gasteiger partial charge in [-0.2, -0.15) is 0 Å². The molecule has 1 heterocycles. The van der Waals surface area contributed by atoms with Gasteiger partial charge in [-0.05, 0) is 56.2 Å². The zero-order valence-electron chi connectivity index (χ0n) is 16.3. The molecule has 0 saturated heterocycles. The second-order valence-electron chi connectivity index (χ2n) is 7.64. The quantitative estimate of drug-likeness (QED) is 0.559. The topological polar surface area (TPSA) is 46.6 Å². The average Bonchev–Trinajstić information content (AvgIpc) is 2.92. The minimum Gasteiger partial charge on any atom is -0.493 e. The molecule has 0 fully saturated rings. The fraction of sp³-hybridized carbons (Fsp3) is 0.417. The summed E-state index contributed by atoms with van der Waals surface area (Å²) in [5, 5.41) is 0. The Morgan fingerprint density at radius 2 is 1.82 bits per heavy atom. The predicted molar refractivity (Wildman–Crippen MR) is 110 cm³/mol. The third kappa shape index (κ3) is 3.96. The standard InChI is InChI=1S/C24H27NO3/c26-22-13-4-2-10-20-19(22)11-5-14-23(20)28-17-7-15-24(27)25-16-6-9-18-8-1-3-12-21(18)25/h1,3,5,8,11-12,14H,2,4,6-7,9-10,13,15-17H2. The molecule has 0 spiro atoms. The van der Waals surface area contributed by atoms with Crippen molar-refractivity contribution in [1.82, 2.24) is 0 Å². The highest BCUT2D eigenvalue weighted by atomic mass is 16.5. The lowest BCUT2D eigenvalue weighted by Crippen LogP contribution is -2.35. The van der Waals surface area contributed by atoms with E-state index in [-0.39, 0.29) is 11.7 Å². The van der Waals surface area contributed by atoms with E-state index >= 15 is 0 Å². The van der Waals surface area contributed by atoms with Crippen LogP contribution < -0.4 is 9.64 Å². The Morgan fingerprint density at radius 3 is 2.75 bits per heavy atom. The van der Waals surface area contributed by atoms with Gasteiger partial charge in [0.15, 0.2) is 5.78 Å². The van der Waals surface area contributed by atoms with Gasteiger partial charge in [0.25, 0.3) is 0 Å². The van der Waals surface area contributed by atoms with E-state index < -0.39 is 0 Å². The molecule has 0 saturated carbocycles. The number of anilines is 1. The smallest absolute Gasteiger partial charge is 0.227 e. The summed E-state index contributed by atoms with van der Waals surface area (Å²) in [6.45, 7) is 1.29. The number of ether oxygens (including phenoxy) is 1. The normalized spacial score (nSPS) is 16.1. The largest absolute Gasteiger partial charge is 0.493 e. The molecule has 4 heteroatoms. The van der Waals surface area contributed by atoms with Crippen molar-refractivity contribution in [3.05, 3.63) is 59.2 Å². The third-order valence-electron chi connectivity index (χ3n) is 5.72. The van der Waals surface area contributed by atoms with Gasteiger partial charge in [-0.3, -0.25) is 9.59 Å². The summed E-state index contributed by atoms with van der Waals surface area (Å²) in [5.74, 6) is 1.19. The number of ketones is 1. The van der Waals surface area contributed by atoms with Crippen LogP contribution in [-0.4, -0.2) is 24.8 Å². The van der Waals surface area contributed by atoms with Gasteiger partial charge in [0.2, 0.25) is 5.91 Å². The van der Waals surface area contributed by atoms with Gasteiger partial charge < -0.3 is 9.64 Å². The van der Waals surface area contributed by atoms with Crippen LogP contribution in [-0.2, 0) is 17.6 Å². The number of para-hydroxylation sites is 1. The number of rotatable bonds is 5. The minimum atomic E-state index is 0.165. The van der Waals surface area contributed by atoms with Gasteiger partial charge in [0.05, 0.1) is 6.61 Å². The number of benzene rings is 2. The van der Waals surface area contributed by atoms with Crippen LogP contribution in [0.5, 0.6) is 5.75 Å². The minimum absolute atomic E-state index is 0.165. The maximum atomic E-state index is 12.7. The molecule has 1 amide bonds. The lowest BCUT2D eigenvalue weighted by molar-refractivity contribution is -0.118. The molecular weight excluding hydrogens is 350 g/mol. The van der Waals surface area contributed by atoms with Gasteiger partial charge in [0.1, 0.15) is 5.75 Å². The highest BCUT2D eigenvalue weighted by Crippen LogP contribution is 2.30. The fourth-order valence-corrected chi connectivity index (χ4v) is 4.28. The summed E-state index contributed by atoms with van der Waals surface area (Å²) in [7, 11) is 0. The fourth-order valence-electron chi connectivity index (χ4n) is 4.28. The van der Waals surface area contributed by atoms with Crippen LogP contribution in [0.25, 0.3) is 0 Å². The van der Waals surface area contributed by atoms with Gasteiger partial charge in [0, 0.05) is 36.2 Å². The van der Waals surface area contributed by atoms with Gasteiger partial charge in [-0.25, -0.2) is 0 Å². The summed E-state index contributed by atoms with van der Waals surface area (Å²) in [4.78, 5) is 26.9. The van der Waals surface area contributed by atoms with Crippen molar-refractivity contribution in [3.8, 4) is 5.75 Å². The van der Waals surface area contributed by atoms with Crippen molar-refractivity contribution in [2.45, 2.75) is 51.4 Å². The summed E-state index contributed by atoms with van der Waals surface area (Å²) in [6, 6.07) is 13.9. The van der Waals surface area contributed by atoms with Crippen LogP contribution in [0.4, 0.5) is 5.69 Å². The Kier molecular flexibility index (Phi) is 5.75. The van der Waals surface area contributed by atoms with Crippen LogP contribution in [0, 0.1) is 0 Å². The molecule has 28 heavy (non-hydrogen) atoms. The number of hydrogen-bond acceptors (Lipinski definition) is 3. The highest BCUT2D eigenvalue weighted by Gasteiger charge is 2.22. The molecule has 0 radical (unpaired) electrons. The number of aryl methyl sites for hydroxylation is 1. The third-order valence-corrected chi connectivity index (χ3v) is 5.72. The molecule has 1 aliphatic carbocycles. The zero-order valence-corrected chi connectivity index (χ0v) is 16.3. The first kappa shape index (κ1) is 18.7. The van der Waals surface area contributed by atoms with Crippen LogP contribution in [0.15, 0.2) is 42.5 Å². The number of hydrogen-bond donors (Lipinski definition) is 0. The Bertz CT molecular complexity index is 874. The second kappa shape index (κ2) is 8.59. The number of Topliss-reactive ketones (excluding diaryl/α,β-unsaturated/α-hetero) is 1. The first-order valence-electron chi connectivity index (χ1n) is 10.4. The zero-order chi connectivity index (χ0) is 19.3. The molecule has 0 bridgehead atoms. The van der Waals surface area contributed by atoms with E-state index in [1.165, 1.54) is 5.56 Å². The number of nitrogens with zero attached hydrogens (tertiary/aromatic N) is 1. The Hall–Kier alpha value is -2.62. The van der Waals surface area contributed by atoms with E-state index in [1.807, 2.05) is 41.3 Å². The predicted octanol–water partition coefficient (Wildman–Crippen LogP) is 4.73. The lowest BCUT2D eigenvalue weighted by atomic mass is 10.0. The first-order valence-corrected chi connectivity index (χ1v) is 10.4. The summed E-state index contributed by atoms with van der Waals surface area (Å²) in [5.41, 5.74) is 4.18. The van der Waals surface area contributed by atoms with Crippen molar-refractivity contribution < 1.29 is 14.3 Å². The molecule has 2 aromatic rings. The van der Waals surface area contributed by atoms with Gasteiger partial charge in [-0.1, -0.05) is 30.3 Å². The monoisotopic (exact) mass is 377 g/mol. The molecule has 0 N–H and O–H groups in total. The SMILES string of the molecule is O=C1CCCCc2c(OCCCC(=O)N3CCCc4ccccc43)cccc21. The Morgan fingerprint density at radius 1 is 0.964 bits per heavy atom. The lowest BCUT2D eigenvalue weighted by Gasteiger charge is -2.29. The van der Waals surface area contributed by atoms with Crippen LogP contribution in [0.1, 0.15) is 60.0 Å². The molecule has 0 atom stereocenters. The molecule has 4 rings (SSSR count). The van der Waals surface area contributed by atoms with E-state index in [2.05, 4.69) is 6.07 Å². The second-order valence-corrected chi connectivity index (χ2v) is 7.64. The molecule has 1 aliphatic heterocycles. The summed E-state index contributed by atoms with van der Waals surface area (Å²) >= 11 is 0. The molecule has 0 unspecified atom stereocenters. The van der Waals surface area contributed by atoms with E-state index in [1.54, 1.807) is 0 Å². The summed E-state index contributed by atoms with van der Waals surface area (Å²) < 4.78 is 5.99. The van der Waals surface area contributed by atoms with E-state index in [0.717, 1.165) is 61.2 Å². The van der Waals surface area contributed by atoms with Crippen LogP contribution in [0.3, 0.4) is 0 Å². The average molecular weight is 377 g/mol. The van der Waals surface area contributed by atoms with Gasteiger partial charge >= 0.3 is 0 Å². The molecular formula is C24H27NO3. The van der Waals surface area contributed by atoms with Crippen molar-refractivity contribution in [1.29, 1.82) is 0 Å². The van der Waals surface area contributed by atoms with E-state index in [4.69, 9.17) is 4.74 Å². The van der Waals surface area contributed by atoms with Crippen molar-refractivity contribution in [3.63, 3.8) is 0 Å². The molecule has 0 aromatic heterocycles. The molecule has 4 nitrogen and oxygen atoms in total. The molecule has 146 valence electrons. The highest BCUT2D eigenvalue weighted by molar-refractivity contribution is 5.98. The maximum Gasteiger partial charge on any atom is 0.227 e. The summed E-state index contributed by atoms with van der Waals surface area (Å²) in [6.07, 6.45) is 6.69. The van der Waals surface area contributed by atoms with Crippen molar-refractivity contribution in [2.24, 2.45) is 0 Å². The number of carbonyl (C=O) groups excluding carboxylic acids is 2. The molecule has 2 aliphatic rings. The van der Waals surface area contributed by atoms with E-state index in [0.29, 0.717) is 25.9 Å². The van der Waals surface area contributed by atoms with Gasteiger partial charge in [-0.15, -0.1) is 0 Å². The van der Waals surface area contributed by atoms with Crippen molar-refractivity contribution in [2.75, 3.05) is 18.1 Å². The van der Waals surface area contributed by atoms with Crippen molar-refractivity contribution >= 4 is 17.4 Å². The number of amides is 1. The van der Waals surface area contributed by atoms with Crippen LogP contribution in [0.2, 0.25) is 0 Å². The van der Waals surface area contributed by atoms with E-state index in [9.17, 15) is 9.59 Å². The number of fused-ring (bicyclic) bond motifs is 2. The Balaban J connectivity index is 1.34. The Labute approximate surface area is 166 Å².